The third kappa shape index (κ3) is 1.97. The summed E-state index contributed by atoms with van der Waals surface area (Å²) in [6, 6.07) is 2.05. The van der Waals surface area contributed by atoms with Gasteiger partial charge in [0.1, 0.15) is 0 Å². The molecule has 78 valence electrons. The fourth-order valence-corrected chi connectivity index (χ4v) is 2.97. The summed E-state index contributed by atoms with van der Waals surface area (Å²) < 4.78 is 4.98. The summed E-state index contributed by atoms with van der Waals surface area (Å²) in [5, 5.41) is 10.1. The zero-order valence-corrected chi connectivity index (χ0v) is 9.04. The molecular formula is C10H15NO2S. The van der Waals surface area contributed by atoms with Crippen molar-refractivity contribution in [2.45, 2.75) is 12.1 Å². The van der Waals surface area contributed by atoms with E-state index in [1.54, 1.807) is 12.5 Å². The van der Waals surface area contributed by atoms with Gasteiger partial charge in [0.25, 0.3) is 0 Å². The van der Waals surface area contributed by atoms with Crippen LogP contribution in [-0.4, -0.2) is 41.1 Å². The Kier molecular flexibility index (Phi) is 3.15. The molecule has 2 heterocycles. The summed E-state index contributed by atoms with van der Waals surface area (Å²) in [5.41, 5.74) is 0.879. The molecule has 2 rings (SSSR count). The number of furan rings is 1. The highest BCUT2D eigenvalue weighted by atomic mass is 32.2. The summed E-state index contributed by atoms with van der Waals surface area (Å²) in [7, 11) is 2.06. The Labute approximate surface area is 88.1 Å². The highest BCUT2D eigenvalue weighted by Crippen LogP contribution is 2.26. The quantitative estimate of drug-likeness (QED) is 0.805. The molecule has 0 amide bonds. The number of aliphatic hydroxyl groups excluding tert-OH is 1. The van der Waals surface area contributed by atoms with Gasteiger partial charge in [-0.1, -0.05) is 0 Å². The van der Waals surface area contributed by atoms with Gasteiger partial charge in [0.15, 0.2) is 0 Å². The summed E-state index contributed by atoms with van der Waals surface area (Å²) in [6.45, 7) is 1.05. The van der Waals surface area contributed by atoms with E-state index < -0.39 is 6.10 Å². The van der Waals surface area contributed by atoms with Gasteiger partial charge in [-0.3, -0.25) is 4.90 Å². The van der Waals surface area contributed by atoms with E-state index in [0.717, 1.165) is 23.6 Å². The highest BCUT2D eigenvalue weighted by Gasteiger charge is 2.27. The smallest absolute Gasteiger partial charge is 0.0983 e. The van der Waals surface area contributed by atoms with Crippen molar-refractivity contribution in [3.05, 3.63) is 24.2 Å². The van der Waals surface area contributed by atoms with E-state index in [1.807, 2.05) is 17.8 Å². The molecular weight excluding hydrogens is 198 g/mol. The zero-order valence-electron chi connectivity index (χ0n) is 8.22. The summed E-state index contributed by atoms with van der Waals surface area (Å²) in [6.07, 6.45) is 2.80. The summed E-state index contributed by atoms with van der Waals surface area (Å²) in [5.74, 6) is 2.15. The van der Waals surface area contributed by atoms with Gasteiger partial charge in [-0.15, -0.1) is 0 Å². The number of likely N-dealkylation sites (N-methyl/N-ethyl adjacent to an activating group) is 1. The maximum Gasteiger partial charge on any atom is 0.0983 e. The van der Waals surface area contributed by atoms with Crippen molar-refractivity contribution in [2.75, 3.05) is 25.1 Å². The van der Waals surface area contributed by atoms with Crippen LogP contribution in [0.15, 0.2) is 23.0 Å². The van der Waals surface area contributed by atoms with Gasteiger partial charge in [-0.25, -0.2) is 0 Å². The monoisotopic (exact) mass is 213 g/mol. The molecule has 3 nitrogen and oxygen atoms in total. The minimum atomic E-state index is -0.424. The average Bonchev–Trinajstić information content (AvgIpc) is 2.70. The van der Waals surface area contributed by atoms with Gasteiger partial charge >= 0.3 is 0 Å². The number of aliphatic hydroxyl groups is 1. The lowest BCUT2D eigenvalue weighted by atomic mass is 10.1. The van der Waals surface area contributed by atoms with Gasteiger partial charge in [0.2, 0.25) is 0 Å². The molecule has 0 radical (unpaired) electrons. The Bertz CT molecular complexity index is 276. The average molecular weight is 213 g/mol. The molecule has 14 heavy (non-hydrogen) atoms. The minimum Gasteiger partial charge on any atom is -0.472 e. The van der Waals surface area contributed by atoms with Crippen LogP contribution in [0.4, 0.5) is 0 Å². The van der Waals surface area contributed by atoms with Gasteiger partial charge in [0, 0.05) is 29.7 Å². The van der Waals surface area contributed by atoms with Crippen molar-refractivity contribution in [1.29, 1.82) is 0 Å². The molecule has 0 saturated carbocycles. The predicted octanol–water partition coefficient (Wildman–Crippen LogP) is 1.36. The lowest BCUT2D eigenvalue weighted by Crippen LogP contribution is -2.43. The van der Waals surface area contributed by atoms with E-state index in [9.17, 15) is 5.11 Å². The van der Waals surface area contributed by atoms with Crippen LogP contribution in [0.25, 0.3) is 0 Å². The third-order valence-corrected chi connectivity index (χ3v) is 3.74. The number of nitrogens with zero attached hydrogens (tertiary/aromatic N) is 1. The highest BCUT2D eigenvalue weighted by molar-refractivity contribution is 7.99. The summed E-state index contributed by atoms with van der Waals surface area (Å²) in [4.78, 5) is 2.22. The maximum absolute atomic E-state index is 10.1. The predicted molar refractivity (Wildman–Crippen MR) is 57.4 cm³/mol. The second kappa shape index (κ2) is 4.38. The van der Waals surface area contributed by atoms with Crippen LogP contribution >= 0.6 is 11.8 Å². The zero-order chi connectivity index (χ0) is 9.97. The second-order valence-corrected chi connectivity index (χ2v) is 4.77. The van der Waals surface area contributed by atoms with Crippen molar-refractivity contribution < 1.29 is 9.52 Å². The summed E-state index contributed by atoms with van der Waals surface area (Å²) >= 11 is 1.90. The molecule has 2 atom stereocenters. The Hall–Kier alpha value is -0.450. The van der Waals surface area contributed by atoms with E-state index in [0.29, 0.717) is 0 Å². The molecule has 1 N–H and O–H groups in total. The van der Waals surface area contributed by atoms with E-state index in [1.165, 1.54) is 0 Å². The molecule has 1 aliphatic heterocycles. The topological polar surface area (TPSA) is 36.6 Å². The molecule has 0 spiro atoms. The van der Waals surface area contributed by atoms with Gasteiger partial charge in [0.05, 0.1) is 18.6 Å². The van der Waals surface area contributed by atoms with Crippen LogP contribution in [0.1, 0.15) is 11.7 Å². The van der Waals surface area contributed by atoms with Crippen LogP contribution < -0.4 is 0 Å². The Morgan fingerprint density at radius 1 is 1.71 bits per heavy atom. The number of hydrogen-bond acceptors (Lipinski definition) is 4. The Morgan fingerprint density at radius 2 is 2.57 bits per heavy atom. The fraction of sp³-hybridized carbons (Fsp3) is 0.600. The first-order chi connectivity index (χ1) is 6.79. The first kappa shape index (κ1) is 10.1. The fourth-order valence-electron chi connectivity index (χ4n) is 1.70. The van der Waals surface area contributed by atoms with Crippen molar-refractivity contribution >= 4 is 11.8 Å². The molecule has 0 aliphatic carbocycles. The first-order valence-corrected chi connectivity index (χ1v) is 5.92. The van der Waals surface area contributed by atoms with E-state index in [-0.39, 0.29) is 6.04 Å². The van der Waals surface area contributed by atoms with Crippen molar-refractivity contribution in [3.63, 3.8) is 0 Å². The van der Waals surface area contributed by atoms with E-state index in [4.69, 9.17) is 4.42 Å². The molecule has 1 aromatic rings. The number of hydrogen-bond donors (Lipinski definition) is 1. The van der Waals surface area contributed by atoms with Gasteiger partial charge < -0.3 is 9.52 Å². The van der Waals surface area contributed by atoms with Crippen LogP contribution in [0.5, 0.6) is 0 Å². The minimum absolute atomic E-state index is 0.214. The van der Waals surface area contributed by atoms with E-state index in [2.05, 4.69) is 11.9 Å². The molecule has 2 unspecified atom stereocenters. The van der Waals surface area contributed by atoms with Gasteiger partial charge in [-0.05, 0) is 13.1 Å². The third-order valence-electron chi connectivity index (χ3n) is 2.69. The molecule has 0 aromatic carbocycles. The second-order valence-electron chi connectivity index (χ2n) is 3.62. The SMILES string of the molecule is CN1CCSCC1C(O)c1ccoc1. The largest absolute Gasteiger partial charge is 0.472 e. The van der Waals surface area contributed by atoms with Crippen molar-refractivity contribution in [3.8, 4) is 0 Å². The van der Waals surface area contributed by atoms with Crippen molar-refractivity contribution in [1.82, 2.24) is 4.90 Å². The Morgan fingerprint density at radius 3 is 3.21 bits per heavy atom. The van der Waals surface area contributed by atoms with Crippen LogP contribution in [-0.2, 0) is 0 Å². The van der Waals surface area contributed by atoms with Crippen molar-refractivity contribution in [2.24, 2.45) is 0 Å². The molecule has 1 aromatic heterocycles. The molecule has 0 bridgehead atoms. The molecule has 1 aliphatic rings. The normalized spacial score (nSPS) is 26.3. The molecule has 1 saturated heterocycles. The lowest BCUT2D eigenvalue weighted by Gasteiger charge is -2.34. The maximum atomic E-state index is 10.1. The van der Waals surface area contributed by atoms with Crippen LogP contribution in [0.3, 0.4) is 0 Å². The first-order valence-electron chi connectivity index (χ1n) is 4.77. The standard InChI is InChI=1S/C10H15NO2S/c1-11-3-5-14-7-9(11)10(12)8-2-4-13-6-8/h2,4,6,9-10,12H,3,5,7H2,1H3. The number of rotatable bonds is 2. The molecule has 4 heteroatoms. The van der Waals surface area contributed by atoms with Gasteiger partial charge in [-0.2, -0.15) is 11.8 Å². The van der Waals surface area contributed by atoms with Crippen LogP contribution in [0.2, 0.25) is 0 Å². The molecule has 1 fully saturated rings. The Balaban J connectivity index is 2.06. The van der Waals surface area contributed by atoms with Crippen LogP contribution in [0, 0.1) is 0 Å². The lowest BCUT2D eigenvalue weighted by molar-refractivity contribution is 0.0754. The van der Waals surface area contributed by atoms with E-state index >= 15 is 0 Å². The number of thioether (sulfide) groups is 1.